The number of fused-ring (bicyclic) bond motifs is 1. The van der Waals surface area contributed by atoms with Crippen LogP contribution in [0, 0.1) is 4.77 Å². The van der Waals surface area contributed by atoms with E-state index in [2.05, 4.69) is 36.0 Å². The maximum atomic E-state index is 5.28. The average molecular weight is 326 g/mol. The minimum Gasteiger partial charge on any atom is -0.340 e. The van der Waals surface area contributed by atoms with Crippen LogP contribution in [0.5, 0.6) is 0 Å². The summed E-state index contributed by atoms with van der Waals surface area (Å²) in [6.07, 6.45) is 3.76. The van der Waals surface area contributed by atoms with Crippen molar-refractivity contribution < 1.29 is 4.52 Å². The Hall–Kier alpha value is -1.54. The van der Waals surface area contributed by atoms with E-state index in [1.807, 2.05) is 10.6 Å². The highest BCUT2D eigenvalue weighted by atomic mass is 79.9. The van der Waals surface area contributed by atoms with Crippen LogP contribution < -0.4 is 0 Å². The SMILES string of the molecule is S=c1[nH]c2cc(Br)cnc2n1CCc1ncno1. The summed E-state index contributed by atoms with van der Waals surface area (Å²) in [6.45, 7) is 0.648. The molecular formula is C10H8BrN5OS. The van der Waals surface area contributed by atoms with E-state index in [1.54, 1.807) is 6.20 Å². The first-order chi connectivity index (χ1) is 8.74. The summed E-state index contributed by atoms with van der Waals surface area (Å²) in [4.78, 5) is 11.4. The van der Waals surface area contributed by atoms with Crippen LogP contribution in [0.3, 0.4) is 0 Å². The van der Waals surface area contributed by atoms with Crippen LogP contribution in [0.4, 0.5) is 0 Å². The van der Waals surface area contributed by atoms with Gasteiger partial charge in [0, 0.05) is 23.6 Å². The van der Waals surface area contributed by atoms with Crippen molar-refractivity contribution in [1.82, 2.24) is 24.7 Å². The van der Waals surface area contributed by atoms with Crippen molar-refractivity contribution in [1.29, 1.82) is 0 Å². The maximum Gasteiger partial charge on any atom is 0.228 e. The number of H-pyrrole nitrogens is 1. The Kier molecular flexibility index (Phi) is 2.96. The molecule has 0 radical (unpaired) electrons. The fourth-order valence-corrected chi connectivity index (χ4v) is 2.36. The molecule has 0 saturated carbocycles. The van der Waals surface area contributed by atoms with Crippen LogP contribution in [-0.2, 0) is 13.0 Å². The fraction of sp³-hybridized carbons (Fsp3) is 0.200. The van der Waals surface area contributed by atoms with Gasteiger partial charge in [0.15, 0.2) is 16.7 Å². The van der Waals surface area contributed by atoms with E-state index in [-0.39, 0.29) is 0 Å². The second kappa shape index (κ2) is 4.62. The minimum absolute atomic E-state index is 0.586. The van der Waals surface area contributed by atoms with Gasteiger partial charge in [-0.25, -0.2) is 4.98 Å². The second-order valence-electron chi connectivity index (χ2n) is 3.69. The molecule has 0 aliphatic carbocycles. The summed E-state index contributed by atoms with van der Waals surface area (Å²) in [5.74, 6) is 0.586. The first-order valence-electron chi connectivity index (χ1n) is 5.23. The van der Waals surface area contributed by atoms with Crippen LogP contribution in [-0.4, -0.2) is 24.7 Å². The fourth-order valence-electron chi connectivity index (χ4n) is 1.74. The van der Waals surface area contributed by atoms with Crippen LogP contribution in [0.15, 0.2) is 27.6 Å². The highest BCUT2D eigenvalue weighted by Gasteiger charge is 2.07. The van der Waals surface area contributed by atoms with Gasteiger partial charge in [-0.15, -0.1) is 0 Å². The van der Waals surface area contributed by atoms with Crippen molar-refractivity contribution in [2.75, 3.05) is 0 Å². The van der Waals surface area contributed by atoms with Gasteiger partial charge in [0.05, 0.1) is 5.52 Å². The lowest BCUT2D eigenvalue weighted by Crippen LogP contribution is -2.02. The molecular weight excluding hydrogens is 318 g/mol. The lowest BCUT2D eigenvalue weighted by molar-refractivity contribution is 0.371. The maximum absolute atomic E-state index is 5.28. The molecule has 0 atom stereocenters. The molecule has 6 nitrogen and oxygen atoms in total. The van der Waals surface area contributed by atoms with Gasteiger partial charge in [-0.1, -0.05) is 5.16 Å². The number of rotatable bonds is 3. The summed E-state index contributed by atoms with van der Waals surface area (Å²) >= 11 is 8.65. The van der Waals surface area contributed by atoms with Crippen molar-refractivity contribution in [2.24, 2.45) is 0 Å². The molecule has 3 aromatic heterocycles. The van der Waals surface area contributed by atoms with E-state index < -0.39 is 0 Å². The minimum atomic E-state index is 0.586. The number of hydrogen-bond acceptors (Lipinski definition) is 5. The van der Waals surface area contributed by atoms with E-state index >= 15 is 0 Å². The second-order valence-corrected chi connectivity index (χ2v) is 4.99. The Labute approximate surface area is 115 Å². The summed E-state index contributed by atoms with van der Waals surface area (Å²) < 4.78 is 8.42. The summed E-state index contributed by atoms with van der Waals surface area (Å²) in [5.41, 5.74) is 1.72. The molecule has 0 fully saturated rings. The molecule has 0 amide bonds. The third-order valence-electron chi connectivity index (χ3n) is 2.53. The average Bonchev–Trinajstić information content (AvgIpc) is 2.93. The highest BCUT2D eigenvalue weighted by molar-refractivity contribution is 9.10. The van der Waals surface area contributed by atoms with Gasteiger partial charge >= 0.3 is 0 Å². The Morgan fingerprint density at radius 3 is 3.11 bits per heavy atom. The molecule has 3 heterocycles. The number of hydrogen-bond donors (Lipinski definition) is 1. The number of aryl methyl sites for hydroxylation is 2. The molecule has 0 aliphatic rings. The summed E-state index contributed by atoms with van der Waals surface area (Å²) in [6, 6.07) is 1.95. The van der Waals surface area contributed by atoms with Crippen molar-refractivity contribution in [2.45, 2.75) is 13.0 Å². The lowest BCUT2D eigenvalue weighted by atomic mass is 10.4. The number of nitrogens with one attached hydrogen (secondary N) is 1. The molecule has 0 aromatic carbocycles. The number of halogens is 1. The molecule has 92 valence electrons. The molecule has 0 saturated heterocycles. The van der Waals surface area contributed by atoms with Crippen LogP contribution in [0.2, 0.25) is 0 Å². The third-order valence-corrected chi connectivity index (χ3v) is 3.29. The summed E-state index contributed by atoms with van der Waals surface area (Å²) in [5, 5.41) is 3.57. The van der Waals surface area contributed by atoms with E-state index in [0.717, 1.165) is 15.6 Å². The lowest BCUT2D eigenvalue weighted by Gasteiger charge is -2.00. The highest BCUT2D eigenvalue weighted by Crippen LogP contribution is 2.17. The van der Waals surface area contributed by atoms with Crippen molar-refractivity contribution >= 4 is 39.3 Å². The molecule has 0 spiro atoms. The topological polar surface area (TPSA) is 72.5 Å². The first-order valence-corrected chi connectivity index (χ1v) is 6.44. The van der Waals surface area contributed by atoms with Crippen LogP contribution in [0.25, 0.3) is 11.2 Å². The molecule has 0 aliphatic heterocycles. The Bertz CT molecular complexity index is 732. The van der Waals surface area contributed by atoms with Gasteiger partial charge in [0.25, 0.3) is 0 Å². The number of nitrogens with zero attached hydrogens (tertiary/aromatic N) is 4. The largest absolute Gasteiger partial charge is 0.340 e. The smallest absolute Gasteiger partial charge is 0.228 e. The van der Waals surface area contributed by atoms with E-state index in [1.165, 1.54) is 6.33 Å². The van der Waals surface area contributed by atoms with Gasteiger partial charge in [-0.3, -0.25) is 0 Å². The van der Waals surface area contributed by atoms with E-state index in [4.69, 9.17) is 16.7 Å². The van der Waals surface area contributed by atoms with Gasteiger partial charge in [-0.05, 0) is 34.2 Å². The zero-order valence-electron chi connectivity index (χ0n) is 9.13. The zero-order chi connectivity index (χ0) is 12.5. The van der Waals surface area contributed by atoms with Crippen molar-refractivity contribution in [3.63, 3.8) is 0 Å². The van der Waals surface area contributed by atoms with Crippen LogP contribution >= 0.6 is 28.1 Å². The van der Waals surface area contributed by atoms with E-state index in [9.17, 15) is 0 Å². The number of imidazole rings is 1. The molecule has 0 unspecified atom stereocenters. The molecule has 18 heavy (non-hydrogen) atoms. The first kappa shape index (κ1) is 11.5. The monoisotopic (exact) mass is 325 g/mol. The Balaban J connectivity index is 1.96. The van der Waals surface area contributed by atoms with Crippen LogP contribution in [0.1, 0.15) is 5.89 Å². The number of aromatic nitrogens is 5. The summed E-state index contributed by atoms with van der Waals surface area (Å²) in [7, 11) is 0. The quantitative estimate of drug-likeness (QED) is 0.749. The van der Waals surface area contributed by atoms with Gasteiger partial charge < -0.3 is 14.1 Å². The van der Waals surface area contributed by atoms with Crippen molar-refractivity contribution in [3.05, 3.63) is 33.7 Å². The van der Waals surface area contributed by atoms with Gasteiger partial charge in [0.1, 0.15) is 0 Å². The normalized spacial score (nSPS) is 11.2. The Morgan fingerprint density at radius 1 is 1.44 bits per heavy atom. The number of aromatic amines is 1. The predicted octanol–water partition coefficient (Wildman–Crippen LogP) is 2.48. The predicted molar refractivity (Wildman–Crippen MR) is 70.6 cm³/mol. The van der Waals surface area contributed by atoms with Crippen molar-refractivity contribution in [3.8, 4) is 0 Å². The van der Waals surface area contributed by atoms with E-state index in [0.29, 0.717) is 23.6 Å². The Morgan fingerprint density at radius 2 is 2.33 bits per heavy atom. The van der Waals surface area contributed by atoms with Gasteiger partial charge in [0.2, 0.25) is 5.89 Å². The molecule has 1 N–H and O–H groups in total. The molecule has 8 heteroatoms. The molecule has 0 bridgehead atoms. The zero-order valence-corrected chi connectivity index (χ0v) is 11.5. The third kappa shape index (κ3) is 2.08. The molecule has 3 aromatic rings. The van der Waals surface area contributed by atoms with Gasteiger partial charge in [-0.2, -0.15) is 4.98 Å². The standard InChI is InChI=1S/C10H8BrN5OS/c11-6-3-7-9(12-4-6)16(10(18)15-7)2-1-8-13-5-14-17-8/h3-5H,1-2H2,(H,15,18). The number of pyridine rings is 1. The molecule has 3 rings (SSSR count).